The molecule has 2 heterocycles. The minimum Gasteiger partial charge on any atom is -0.443 e. The van der Waals surface area contributed by atoms with Gasteiger partial charge in [-0.1, -0.05) is 11.1 Å². The van der Waals surface area contributed by atoms with Gasteiger partial charge in [0, 0.05) is 13.1 Å². The molecule has 2 aromatic heterocycles. The third-order valence-electron chi connectivity index (χ3n) is 2.73. The maximum Gasteiger partial charge on any atom is 0.289 e. The summed E-state index contributed by atoms with van der Waals surface area (Å²) in [6, 6.07) is 4.92. The van der Waals surface area contributed by atoms with Crippen LogP contribution in [-0.4, -0.2) is 33.7 Å². The quantitative estimate of drug-likeness (QED) is 0.877. The topological polar surface area (TPSA) is 79.7 Å². The molecular formula is C16H18N2O4. The van der Waals surface area contributed by atoms with Crippen LogP contribution >= 0.6 is 0 Å². The number of hydrogen-bond donors (Lipinski definition) is 1. The molecule has 0 aliphatic heterocycles. The van der Waals surface area contributed by atoms with Crippen LogP contribution in [0.3, 0.4) is 0 Å². The van der Waals surface area contributed by atoms with E-state index in [2.05, 4.69) is 17.0 Å². The van der Waals surface area contributed by atoms with E-state index < -0.39 is 5.60 Å². The minimum absolute atomic E-state index is 0.183. The fourth-order valence-electron chi connectivity index (χ4n) is 1.73. The molecule has 0 aromatic carbocycles. The number of nitrogens with zero attached hydrogens (tertiary/aromatic N) is 2. The molecular weight excluding hydrogens is 284 g/mol. The third kappa shape index (κ3) is 4.24. The zero-order valence-corrected chi connectivity index (χ0v) is 13.0. The first-order valence-electron chi connectivity index (χ1n) is 6.77. The molecule has 0 aliphatic rings. The van der Waals surface area contributed by atoms with Crippen molar-refractivity contribution in [2.75, 3.05) is 7.05 Å². The number of carbonyl (C=O) groups is 1. The summed E-state index contributed by atoms with van der Waals surface area (Å²) in [5.74, 6) is 6.24. The fourth-order valence-corrected chi connectivity index (χ4v) is 1.73. The van der Waals surface area contributed by atoms with Gasteiger partial charge < -0.3 is 18.9 Å². The van der Waals surface area contributed by atoms with Crippen molar-refractivity contribution in [1.82, 2.24) is 10.1 Å². The Kier molecular flexibility index (Phi) is 4.38. The number of aliphatic hydroxyl groups is 1. The Balaban J connectivity index is 2.06. The molecule has 116 valence electrons. The summed E-state index contributed by atoms with van der Waals surface area (Å²) in [6.45, 7) is 5.26. The van der Waals surface area contributed by atoms with E-state index in [1.165, 1.54) is 4.90 Å². The van der Waals surface area contributed by atoms with Crippen molar-refractivity contribution < 1.29 is 18.8 Å². The Morgan fingerprint density at radius 2 is 2.18 bits per heavy atom. The highest BCUT2D eigenvalue weighted by atomic mass is 16.5. The Morgan fingerprint density at radius 3 is 2.77 bits per heavy atom. The molecule has 0 bridgehead atoms. The summed E-state index contributed by atoms with van der Waals surface area (Å²) in [5, 5.41) is 13.4. The average molecular weight is 302 g/mol. The third-order valence-corrected chi connectivity index (χ3v) is 2.73. The standard InChI is InChI=1S/C16H18N2O4/c1-11-9-12(17-22-11)10-18(4)15(19)14-6-5-13(21-14)7-8-16(2,3)20/h5-6,9,20H,10H2,1-4H3. The molecule has 6 nitrogen and oxygen atoms in total. The first kappa shape index (κ1) is 15.9. The van der Waals surface area contributed by atoms with Gasteiger partial charge in [-0.3, -0.25) is 4.79 Å². The van der Waals surface area contributed by atoms with Gasteiger partial charge in [-0.05, 0) is 38.8 Å². The molecule has 0 unspecified atom stereocenters. The van der Waals surface area contributed by atoms with Gasteiger partial charge in [0.25, 0.3) is 5.91 Å². The van der Waals surface area contributed by atoms with Gasteiger partial charge in [-0.2, -0.15) is 0 Å². The lowest BCUT2D eigenvalue weighted by Crippen LogP contribution is -2.25. The number of hydrogen-bond acceptors (Lipinski definition) is 5. The van der Waals surface area contributed by atoms with Gasteiger partial charge >= 0.3 is 0 Å². The van der Waals surface area contributed by atoms with Gasteiger partial charge in [0.2, 0.25) is 0 Å². The van der Waals surface area contributed by atoms with Crippen molar-refractivity contribution >= 4 is 5.91 Å². The van der Waals surface area contributed by atoms with E-state index in [0.29, 0.717) is 23.8 Å². The molecule has 0 saturated carbocycles. The van der Waals surface area contributed by atoms with Crippen LogP contribution in [0.5, 0.6) is 0 Å². The number of amides is 1. The van der Waals surface area contributed by atoms with Crippen molar-refractivity contribution in [3.05, 3.63) is 41.2 Å². The largest absolute Gasteiger partial charge is 0.443 e. The summed E-state index contributed by atoms with van der Waals surface area (Å²) in [6.07, 6.45) is 0. The summed E-state index contributed by atoms with van der Waals surface area (Å²) in [4.78, 5) is 13.7. The van der Waals surface area contributed by atoms with Crippen molar-refractivity contribution in [2.45, 2.75) is 32.9 Å². The van der Waals surface area contributed by atoms with Gasteiger partial charge in [-0.15, -0.1) is 0 Å². The van der Waals surface area contributed by atoms with Gasteiger partial charge in [0.15, 0.2) is 11.5 Å². The normalized spacial score (nSPS) is 11.0. The predicted molar refractivity (Wildman–Crippen MR) is 78.9 cm³/mol. The summed E-state index contributed by atoms with van der Waals surface area (Å²) in [7, 11) is 1.65. The lowest BCUT2D eigenvalue weighted by atomic mass is 10.1. The molecule has 22 heavy (non-hydrogen) atoms. The zero-order valence-electron chi connectivity index (χ0n) is 13.0. The van der Waals surface area contributed by atoms with E-state index in [9.17, 15) is 9.90 Å². The van der Waals surface area contributed by atoms with E-state index in [1.807, 2.05) is 0 Å². The molecule has 0 spiro atoms. The number of furan rings is 1. The number of aryl methyl sites for hydroxylation is 1. The SMILES string of the molecule is Cc1cc(CN(C)C(=O)c2ccc(C#CC(C)(C)O)o2)no1. The lowest BCUT2D eigenvalue weighted by Gasteiger charge is -2.13. The Hall–Kier alpha value is -2.52. The number of aromatic nitrogens is 1. The maximum atomic E-state index is 12.2. The molecule has 0 atom stereocenters. The molecule has 0 radical (unpaired) electrons. The summed E-state index contributed by atoms with van der Waals surface area (Å²) >= 11 is 0. The van der Waals surface area contributed by atoms with Gasteiger partial charge in [-0.25, -0.2) is 0 Å². The van der Waals surface area contributed by atoms with Crippen molar-refractivity contribution in [3.63, 3.8) is 0 Å². The first-order valence-corrected chi connectivity index (χ1v) is 6.77. The summed E-state index contributed by atoms with van der Waals surface area (Å²) in [5.41, 5.74) is -0.444. The van der Waals surface area contributed by atoms with E-state index in [-0.39, 0.29) is 11.7 Å². The predicted octanol–water partition coefficient (Wildman–Crippen LogP) is 1.97. The van der Waals surface area contributed by atoms with E-state index in [1.54, 1.807) is 46.0 Å². The van der Waals surface area contributed by atoms with Gasteiger partial charge in [0.1, 0.15) is 17.1 Å². The van der Waals surface area contributed by atoms with Crippen LogP contribution in [0.25, 0.3) is 0 Å². The Bertz CT molecular complexity index is 725. The second kappa shape index (κ2) is 6.08. The number of rotatable bonds is 3. The monoisotopic (exact) mass is 302 g/mol. The molecule has 0 saturated heterocycles. The Morgan fingerprint density at radius 1 is 1.45 bits per heavy atom. The highest BCUT2D eigenvalue weighted by Gasteiger charge is 2.17. The highest BCUT2D eigenvalue weighted by molar-refractivity contribution is 5.91. The van der Waals surface area contributed by atoms with Crippen LogP contribution < -0.4 is 0 Å². The van der Waals surface area contributed by atoms with Crippen LogP contribution in [0.2, 0.25) is 0 Å². The van der Waals surface area contributed by atoms with E-state index >= 15 is 0 Å². The second-order valence-electron chi connectivity index (χ2n) is 5.56. The first-order chi connectivity index (χ1) is 10.2. The van der Waals surface area contributed by atoms with Crippen LogP contribution in [0, 0.1) is 18.8 Å². The smallest absolute Gasteiger partial charge is 0.289 e. The average Bonchev–Trinajstić information content (AvgIpc) is 3.04. The van der Waals surface area contributed by atoms with Crippen LogP contribution in [-0.2, 0) is 6.54 Å². The summed E-state index contributed by atoms with van der Waals surface area (Å²) < 4.78 is 10.4. The van der Waals surface area contributed by atoms with Crippen LogP contribution in [0.15, 0.2) is 27.1 Å². The van der Waals surface area contributed by atoms with Crippen molar-refractivity contribution in [2.24, 2.45) is 0 Å². The van der Waals surface area contributed by atoms with Crippen LogP contribution in [0.1, 0.15) is 41.6 Å². The molecule has 0 fully saturated rings. The van der Waals surface area contributed by atoms with Crippen LogP contribution in [0.4, 0.5) is 0 Å². The van der Waals surface area contributed by atoms with Gasteiger partial charge in [0.05, 0.1) is 6.54 Å². The van der Waals surface area contributed by atoms with E-state index in [4.69, 9.17) is 8.94 Å². The molecule has 0 aliphatic carbocycles. The molecule has 2 aromatic rings. The second-order valence-corrected chi connectivity index (χ2v) is 5.56. The lowest BCUT2D eigenvalue weighted by molar-refractivity contribution is 0.0750. The zero-order chi connectivity index (χ0) is 16.3. The molecule has 1 amide bonds. The molecule has 1 N–H and O–H groups in total. The van der Waals surface area contributed by atoms with E-state index in [0.717, 1.165) is 0 Å². The Labute approximate surface area is 128 Å². The highest BCUT2D eigenvalue weighted by Crippen LogP contribution is 2.12. The maximum absolute atomic E-state index is 12.2. The fraction of sp³-hybridized carbons (Fsp3) is 0.375. The van der Waals surface area contributed by atoms with Crippen molar-refractivity contribution in [1.29, 1.82) is 0 Å². The number of carbonyl (C=O) groups excluding carboxylic acids is 1. The minimum atomic E-state index is -1.11. The molecule has 2 rings (SSSR count). The van der Waals surface area contributed by atoms with Crippen molar-refractivity contribution in [3.8, 4) is 11.8 Å². The molecule has 6 heteroatoms.